The first-order valence-corrected chi connectivity index (χ1v) is 6.53. The molecule has 0 atom stereocenters. The molecule has 0 radical (unpaired) electrons. The highest BCUT2D eigenvalue weighted by atomic mass is 19.1. The summed E-state index contributed by atoms with van der Waals surface area (Å²) in [6.45, 7) is 1.16. The number of carbonyl (C=O) groups excluding carboxylic acids is 1. The molecule has 1 fully saturated rings. The lowest BCUT2D eigenvalue weighted by Crippen LogP contribution is -2.34. The van der Waals surface area contributed by atoms with Gasteiger partial charge >= 0.3 is 5.97 Å². The van der Waals surface area contributed by atoms with E-state index in [0.717, 1.165) is 31.0 Å². The lowest BCUT2D eigenvalue weighted by molar-refractivity contribution is -0.134. The van der Waals surface area contributed by atoms with Crippen molar-refractivity contribution in [1.29, 1.82) is 0 Å². The molecule has 1 N–H and O–H groups in total. The van der Waals surface area contributed by atoms with Gasteiger partial charge in [0, 0.05) is 31.1 Å². The quantitative estimate of drug-likeness (QED) is 0.860. The van der Waals surface area contributed by atoms with Gasteiger partial charge in [-0.05, 0) is 36.6 Å². The first-order chi connectivity index (χ1) is 9.56. The fraction of sp³-hybridized carbons (Fsp3) is 0.333. The summed E-state index contributed by atoms with van der Waals surface area (Å²) < 4.78 is 13.6. The van der Waals surface area contributed by atoms with E-state index in [1.54, 1.807) is 17.0 Å². The Balaban J connectivity index is 2.14. The molecule has 1 saturated heterocycles. The molecule has 0 unspecified atom stereocenters. The van der Waals surface area contributed by atoms with Crippen molar-refractivity contribution in [3.05, 3.63) is 41.2 Å². The minimum absolute atomic E-state index is 0.114. The Labute approximate surface area is 116 Å². The van der Waals surface area contributed by atoms with Crippen LogP contribution in [0.15, 0.2) is 24.3 Å². The number of likely N-dealkylation sites (tertiary alicyclic amines) is 1. The van der Waals surface area contributed by atoms with E-state index in [4.69, 9.17) is 5.11 Å². The van der Waals surface area contributed by atoms with E-state index in [1.165, 1.54) is 12.1 Å². The van der Waals surface area contributed by atoms with Gasteiger partial charge in [-0.3, -0.25) is 4.79 Å². The van der Waals surface area contributed by atoms with E-state index >= 15 is 0 Å². The van der Waals surface area contributed by atoms with Crippen LogP contribution in [-0.4, -0.2) is 28.4 Å². The van der Waals surface area contributed by atoms with E-state index in [9.17, 15) is 14.0 Å². The predicted molar refractivity (Wildman–Crippen MR) is 72.3 cm³/mol. The van der Waals surface area contributed by atoms with Crippen LogP contribution in [0.3, 0.4) is 0 Å². The first kappa shape index (κ1) is 14.2. The molecule has 1 aromatic rings. The van der Waals surface area contributed by atoms with Crippen LogP contribution in [0.4, 0.5) is 4.39 Å². The summed E-state index contributed by atoms with van der Waals surface area (Å²) >= 11 is 0. The summed E-state index contributed by atoms with van der Waals surface area (Å²) in [5.74, 6) is -1.49. The van der Waals surface area contributed by atoms with Crippen molar-refractivity contribution in [2.24, 2.45) is 0 Å². The van der Waals surface area contributed by atoms with E-state index in [2.05, 4.69) is 0 Å². The molecule has 1 heterocycles. The molecule has 1 aromatic carbocycles. The van der Waals surface area contributed by atoms with Crippen LogP contribution in [0.25, 0.3) is 6.08 Å². The molecular formula is C15H16FNO3. The number of benzene rings is 1. The summed E-state index contributed by atoms with van der Waals surface area (Å²) in [6, 6.07) is 4.50. The van der Waals surface area contributed by atoms with Crippen LogP contribution in [0.2, 0.25) is 0 Å². The van der Waals surface area contributed by atoms with E-state index in [-0.39, 0.29) is 11.5 Å². The zero-order valence-electron chi connectivity index (χ0n) is 11.0. The molecule has 1 aliphatic heterocycles. The number of carboxylic acid groups (broad SMARTS) is 1. The first-order valence-electron chi connectivity index (χ1n) is 6.53. The molecule has 20 heavy (non-hydrogen) atoms. The number of rotatable bonds is 4. The lowest BCUT2D eigenvalue weighted by Gasteiger charge is -2.26. The maximum atomic E-state index is 13.6. The maximum Gasteiger partial charge on any atom is 0.328 e. The van der Waals surface area contributed by atoms with Gasteiger partial charge in [0.05, 0.1) is 0 Å². The van der Waals surface area contributed by atoms with Gasteiger partial charge in [-0.2, -0.15) is 0 Å². The Morgan fingerprint density at radius 1 is 1.40 bits per heavy atom. The summed E-state index contributed by atoms with van der Waals surface area (Å²) in [7, 11) is 0. The van der Waals surface area contributed by atoms with Crippen molar-refractivity contribution in [1.82, 2.24) is 4.90 Å². The zero-order chi connectivity index (χ0) is 14.5. The van der Waals surface area contributed by atoms with E-state index in [0.29, 0.717) is 13.0 Å². The molecular weight excluding hydrogens is 261 g/mol. The monoisotopic (exact) mass is 277 g/mol. The zero-order valence-corrected chi connectivity index (χ0v) is 11.0. The normalized spacial score (nSPS) is 15.8. The second-order valence-electron chi connectivity index (χ2n) is 4.80. The standard InChI is InChI=1S/C15H16FNO3/c16-13-6-4-11(9-12(13)5-7-15(19)20)10-17-8-2-1-3-14(17)18/h4-7,9H,1-3,8,10H2,(H,19,20). The average Bonchev–Trinajstić information content (AvgIpc) is 2.42. The van der Waals surface area contributed by atoms with Crippen LogP contribution in [0, 0.1) is 5.82 Å². The van der Waals surface area contributed by atoms with Crippen LogP contribution < -0.4 is 0 Å². The third-order valence-electron chi connectivity index (χ3n) is 3.26. The summed E-state index contributed by atoms with van der Waals surface area (Å²) in [4.78, 5) is 23.9. The molecule has 106 valence electrons. The van der Waals surface area contributed by atoms with Crippen molar-refractivity contribution in [2.45, 2.75) is 25.8 Å². The van der Waals surface area contributed by atoms with Gasteiger partial charge < -0.3 is 10.0 Å². The number of nitrogens with zero attached hydrogens (tertiary/aromatic N) is 1. The van der Waals surface area contributed by atoms with E-state index < -0.39 is 11.8 Å². The molecule has 1 amide bonds. The predicted octanol–water partition coefficient (Wildman–Crippen LogP) is 2.44. The largest absolute Gasteiger partial charge is 0.478 e. The average molecular weight is 277 g/mol. The molecule has 0 aliphatic carbocycles. The second kappa shape index (κ2) is 6.32. The number of carbonyl (C=O) groups is 2. The number of hydrogen-bond acceptors (Lipinski definition) is 2. The highest BCUT2D eigenvalue weighted by molar-refractivity contribution is 5.85. The SMILES string of the molecule is O=C(O)C=Cc1cc(CN2CCCCC2=O)ccc1F. The number of amides is 1. The number of aliphatic carboxylic acids is 1. The molecule has 1 aliphatic rings. The molecule has 0 bridgehead atoms. The highest BCUT2D eigenvalue weighted by Gasteiger charge is 2.18. The van der Waals surface area contributed by atoms with Crippen molar-refractivity contribution in [3.8, 4) is 0 Å². The molecule has 2 rings (SSSR count). The molecule has 5 heteroatoms. The molecule has 4 nitrogen and oxygen atoms in total. The Morgan fingerprint density at radius 2 is 2.20 bits per heavy atom. The van der Waals surface area contributed by atoms with Crippen LogP contribution in [0.1, 0.15) is 30.4 Å². The van der Waals surface area contributed by atoms with Crippen LogP contribution >= 0.6 is 0 Å². The van der Waals surface area contributed by atoms with Crippen LogP contribution in [-0.2, 0) is 16.1 Å². The van der Waals surface area contributed by atoms with Gasteiger partial charge in [0.25, 0.3) is 0 Å². The van der Waals surface area contributed by atoms with E-state index in [1.807, 2.05) is 0 Å². The third-order valence-corrected chi connectivity index (χ3v) is 3.26. The van der Waals surface area contributed by atoms with Gasteiger partial charge in [-0.15, -0.1) is 0 Å². The van der Waals surface area contributed by atoms with Crippen molar-refractivity contribution in [3.63, 3.8) is 0 Å². The van der Waals surface area contributed by atoms with Crippen molar-refractivity contribution < 1.29 is 19.1 Å². The third kappa shape index (κ3) is 3.66. The number of carboxylic acids is 1. The maximum absolute atomic E-state index is 13.6. The molecule has 0 saturated carbocycles. The number of halogens is 1. The van der Waals surface area contributed by atoms with Gasteiger partial charge in [0.2, 0.25) is 5.91 Å². The second-order valence-corrected chi connectivity index (χ2v) is 4.80. The fourth-order valence-electron chi connectivity index (χ4n) is 2.23. The number of hydrogen-bond donors (Lipinski definition) is 1. The molecule has 0 aromatic heterocycles. The Morgan fingerprint density at radius 3 is 2.90 bits per heavy atom. The summed E-state index contributed by atoms with van der Waals surface area (Å²) in [6.07, 6.45) is 4.59. The smallest absolute Gasteiger partial charge is 0.328 e. The van der Waals surface area contributed by atoms with Crippen LogP contribution in [0.5, 0.6) is 0 Å². The van der Waals surface area contributed by atoms with Gasteiger partial charge in [0.15, 0.2) is 0 Å². The Bertz CT molecular complexity index is 554. The van der Waals surface area contributed by atoms with Gasteiger partial charge in [0.1, 0.15) is 5.82 Å². The van der Waals surface area contributed by atoms with Crippen molar-refractivity contribution >= 4 is 18.0 Å². The minimum Gasteiger partial charge on any atom is -0.478 e. The Hall–Kier alpha value is -2.17. The van der Waals surface area contributed by atoms with Gasteiger partial charge in [-0.1, -0.05) is 6.07 Å². The lowest BCUT2D eigenvalue weighted by atomic mass is 10.1. The number of piperidine rings is 1. The fourth-order valence-corrected chi connectivity index (χ4v) is 2.23. The van der Waals surface area contributed by atoms with Crippen molar-refractivity contribution in [2.75, 3.05) is 6.54 Å². The molecule has 0 spiro atoms. The topological polar surface area (TPSA) is 57.6 Å². The summed E-state index contributed by atoms with van der Waals surface area (Å²) in [5, 5.41) is 8.57. The highest BCUT2D eigenvalue weighted by Crippen LogP contribution is 2.17. The minimum atomic E-state index is -1.12. The Kier molecular flexibility index (Phi) is 4.50. The van der Waals surface area contributed by atoms with Gasteiger partial charge in [-0.25, -0.2) is 9.18 Å². The summed E-state index contributed by atoms with van der Waals surface area (Å²) in [5.41, 5.74) is 1.01.